The Balaban J connectivity index is 1.98. The molecule has 3 rings (SSSR count). The maximum atomic E-state index is 13.5. The van der Waals surface area contributed by atoms with Crippen molar-refractivity contribution in [3.63, 3.8) is 0 Å². The fraction of sp³-hybridized carbons (Fsp3) is 0.200. The quantitative estimate of drug-likeness (QED) is 0.535. The Hall–Kier alpha value is -2.62. The van der Waals surface area contributed by atoms with Gasteiger partial charge in [0.2, 0.25) is 0 Å². The molecule has 0 atom stereocenters. The van der Waals surface area contributed by atoms with Crippen LogP contribution in [0, 0.1) is 17.1 Å². The molecule has 0 saturated heterocycles. The lowest BCUT2D eigenvalue weighted by Crippen LogP contribution is -2.31. The molecule has 0 saturated carbocycles. The van der Waals surface area contributed by atoms with Gasteiger partial charge in [-0.05, 0) is 49.4 Å². The summed E-state index contributed by atoms with van der Waals surface area (Å²) in [6.45, 7) is 2.66. The van der Waals surface area contributed by atoms with E-state index in [1.807, 2.05) is 6.92 Å². The van der Waals surface area contributed by atoms with Gasteiger partial charge in [-0.3, -0.25) is 4.79 Å². The van der Waals surface area contributed by atoms with Crippen LogP contribution in [-0.4, -0.2) is 19.1 Å². The van der Waals surface area contributed by atoms with Crippen LogP contribution in [0.2, 0.25) is 5.02 Å². The first-order chi connectivity index (χ1) is 13.0. The monoisotopic (exact) mass is 402 g/mol. The minimum Gasteiger partial charge on any atom is -0.494 e. The van der Waals surface area contributed by atoms with Gasteiger partial charge in [-0.1, -0.05) is 11.6 Å². The predicted molar refractivity (Wildman–Crippen MR) is 106 cm³/mol. The van der Waals surface area contributed by atoms with Crippen LogP contribution in [0.25, 0.3) is 10.1 Å². The van der Waals surface area contributed by atoms with E-state index in [9.17, 15) is 9.18 Å². The Kier molecular flexibility index (Phi) is 5.94. The van der Waals surface area contributed by atoms with Crippen molar-refractivity contribution >= 4 is 44.6 Å². The van der Waals surface area contributed by atoms with Crippen molar-refractivity contribution in [1.29, 1.82) is 5.26 Å². The molecule has 0 aliphatic heterocycles. The summed E-state index contributed by atoms with van der Waals surface area (Å²) in [5.74, 6) is -0.00224. The molecule has 1 amide bonds. The molecule has 0 spiro atoms. The van der Waals surface area contributed by atoms with Crippen LogP contribution in [0.1, 0.15) is 23.0 Å². The van der Waals surface area contributed by atoms with Gasteiger partial charge in [-0.2, -0.15) is 5.26 Å². The summed E-state index contributed by atoms with van der Waals surface area (Å²) >= 11 is 7.53. The second-order valence-electron chi connectivity index (χ2n) is 5.68. The van der Waals surface area contributed by atoms with Gasteiger partial charge in [0.1, 0.15) is 16.4 Å². The molecule has 0 N–H and O–H groups in total. The fourth-order valence-corrected chi connectivity index (χ4v) is 4.18. The molecular formula is C20H16ClFN2O2S. The summed E-state index contributed by atoms with van der Waals surface area (Å²) < 4.78 is 19.5. The van der Waals surface area contributed by atoms with Crippen molar-refractivity contribution in [3.8, 4) is 11.8 Å². The van der Waals surface area contributed by atoms with Crippen molar-refractivity contribution in [2.24, 2.45) is 0 Å². The Morgan fingerprint density at radius 3 is 2.70 bits per heavy atom. The van der Waals surface area contributed by atoms with Gasteiger partial charge in [-0.15, -0.1) is 11.3 Å². The number of fused-ring (bicyclic) bond motifs is 1. The molecule has 1 aromatic heterocycles. The number of benzene rings is 2. The highest BCUT2D eigenvalue weighted by atomic mass is 35.5. The molecule has 27 heavy (non-hydrogen) atoms. The summed E-state index contributed by atoms with van der Waals surface area (Å²) in [4.78, 5) is 15.0. The predicted octanol–water partition coefficient (Wildman–Crippen LogP) is 5.65. The van der Waals surface area contributed by atoms with Crippen molar-refractivity contribution in [2.45, 2.75) is 13.3 Å². The zero-order valence-electron chi connectivity index (χ0n) is 14.5. The minimum absolute atomic E-state index is 0.177. The maximum Gasteiger partial charge on any atom is 0.269 e. The first-order valence-corrected chi connectivity index (χ1v) is 9.53. The highest BCUT2D eigenvalue weighted by Gasteiger charge is 2.24. The highest BCUT2D eigenvalue weighted by molar-refractivity contribution is 7.21. The Labute approximate surface area is 165 Å². The van der Waals surface area contributed by atoms with Crippen LogP contribution < -0.4 is 9.64 Å². The molecule has 0 unspecified atom stereocenters. The molecule has 1 heterocycles. The lowest BCUT2D eigenvalue weighted by Gasteiger charge is -2.21. The summed E-state index contributed by atoms with van der Waals surface area (Å²) in [5, 5.41) is 9.89. The standard InChI is InChI=1S/C20H16ClFN2O2S/c1-2-26-15-7-5-14(6-8-15)24(11-3-10-23)20(25)19-18(21)16-9-4-13(22)12-17(16)27-19/h4-9,12H,2-3,11H2,1H3. The lowest BCUT2D eigenvalue weighted by molar-refractivity contribution is 0.0991. The molecule has 7 heteroatoms. The normalized spacial score (nSPS) is 10.6. The average Bonchev–Trinajstić information content (AvgIpc) is 2.99. The number of carbonyl (C=O) groups is 1. The maximum absolute atomic E-state index is 13.5. The smallest absolute Gasteiger partial charge is 0.269 e. The second kappa shape index (κ2) is 8.38. The number of nitrogens with zero attached hydrogens (tertiary/aromatic N) is 2. The fourth-order valence-electron chi connectivity index (χ4n) is 2.70. The number of rotatable bonds is 6. The molecule has 3 aromatic rings. The second-order valence-corrected chi connectivity index (χ2v) is 7.11. The first kappa shape index (κ1) is 19.2. The van der Waals surface area contributed by atoms with E-state index in [1.165, 1.54) is 17.0 Å². The summed E-state index contributed by atoms with van der Waals surface area (Å²) in [5.41, 5.74) is 0.637. The van der Waals surface area contributed by atoms with Crippen LogP contribution in [0.15, 0.2) is 42.5 Å². The topological polar surface area (TPSA) is 53.3 Å². The number of nitriles is 1. The van der Waals surface area contributed by atoms with Crippen LogP contribution in [0.3, 0.4) is 0 Å². The van der Waals surface area contributed by atoms with E-state index in [0.717, 1.165) is 11.3 Å². The van der Waals surface area contributed by atoms with Crippen LogP contribution >= 0.6 is 22.9 Å². The third-order valence-electron chi connectivity index (χ3n) is 3.94. The van der Waals surface area contributed by atoms with Crippen LogP contribution in [0.5, 0.6) is 5.75 Å². The van der Waals surface area contributed by atoms with Gasteiger partial charge in [0.25, 0.3) is 5.91 Å². The number of halogens is 2. The molecule has 0 radical (unpaired) electrons. The Morgan fingerprint density at radius 2 is 2.04 bits per heavy atom. The minimum atomic E-state index is -0.382. The molecule has 0 fully saturated rings. The van der Waals surface area contributed by atoms with E-state index >= 15 is 0 Å². The van der Waals surface area contributed by atoms with Crippen molar-refractivity contribution in [1.82, 2.24) is 0 Å². The number of carbonyl (C=O) groups excluding carboxylic acids is 1. The number of anilines is 1. The molecule has 2 aromatic carbocycles. The van der Waals surface area contributed by atoms with E-state index in [2.05, 4.69) is 6.07 Å². The highest BCUT2D eigenvalue weighted by Crippen LogP contribution is 2.37. The van der Waals surface area contributed by atoms with Crippen molar-refractivity contribution in [3.05, 3.63) is 58.2 Å². The number of ether oxygens (including phenoxy) is 1. The molecule has 0 aliphatic carbocycles. The van der Waals surface area contributed by atoms with Gasteiger partial charge < -0.3 is 9.64 Å². The molecule has 4 nitrogen and oxygen atoms in total. The van der Waals surface area contributed by atoms with E-state index in [0.29, 0.717) is 38.0 Å². The summed E-state index contributed by atoms with van der Waals surface area (Å²) in [6.07, 6.45) is 0.177. The number of hydrogen-bond donors (Lipinski definition) is 0. The number of amides is 1. The van der Waals surface area contributed by atoms with Gasteiger partial charge in [-0.25, -0.2) is 4.39 Å². The summed E-state index contributed by atoms with van der Waals surface area (Å²) in [7, 11) is 0. The van der Waals surface area contributed by atoms with Crippen molar-refractivity contribution < 1.29 is 13.9 Å². The summed E-state index contributed by atoms with van der Waals surface area (Å²) in [6, 6.07) is 13.4. The average molecular weight is 403 g/mol. The van der Waals surface area contributed by atoms with E-state index in [4.69, 9.17) is 21.6 Å². The first-order valence-electron chi connectivity index (χ1n) is 8.34. The largest absolute Gasteiger partial charge is 0.494 e. The zero-order valence-corrected chi connectivity index (χ0v) is 16.1. The van der Waals surface area contributed by atoms with Gasteiger partial charge in [0.15, 0.2) is 0 Å². The zero-order chi connectivity index (χ0) is 19.4. The SMILES string of the molecule is CCOc1ccc(N(CCC#N)C(=O)c2sc3cc(F)ccc3c2Cl)cc1. The van der Waals surface area contributed by atoms with Crippen LogP contribution in [0.4, 0.5) is 10.1 Å². The Bertz CT molecular complexity index is 1010. The third kappa shape index (κ3) is 4.05. The number of thiophene rings is 1. The van der Waals surface area contributed by atoms with E-state index in [-0.39, 0.29) is 24.7 Å². The van der Waals surface area contributed by atoms with Crippen LogP contribution in [-0.2, 0) is 0 Å². The molecule has 138 valence electrons. The molecule has 0 aliphatic rings. The van der Waals surface area contributed by atoms with Gasteiger partial charge in [0, 0.05) is 22.3 Å². The Morgan fingerprint density at radius 1 is 1.30 bits per heavy atom. The number of hydrogen-bond acceptors (Lipinski definition) is 4. The molecular weight excluding hydrogens is 387 g/mol. The van der Waals surface area contributed by atoms with Gasteiger partial charge in [0.05, 0.1) is 24.1 Å². The molecule has 0 bridgehead atoms. The lowest BCUT2D eigenvalue weighted by atomic mass is 10.2. The van der Waals surface area contributed by atoms with Gasteiger partial charge >= 0.3 is 0 Å². The van der Waals surface area contributed by atoms with E-state index in [1.54, 1.807) is 30.3 Å². The van der Waals surface area contributed by atoms with Crippen molar-refractivity contribution in [2.75, 3.05) is 18.1 Å². The third-order valence-corrected chi connectivity index (χ3v) is 5.58. The van der Waals surface area contributed by atoms with E-state index < -0.39 is 0 Å².